The van der Waals surface area contributed by atoms with Gasteiger partial charge in [0, 0.05) is 25.0 Å². The first-order valence-corrected chi connectivity index (χ1v) is 8.22. The zero-order chi connectivity index (χ0) is 15.5. The predicted molar refractivity (Wildman–Crippen MR) is 98.6 cm³/mol. The van der Waals surface area contributed by atoms with Crippen molar-refractivity contribution in [2.45, 2.75) is 12.8 Å². The van der Waals surface area contributed by atoms with E-state index in [4.69, 9.17) is 11.6 Å². The van der Waals surface area contributed by atoms with Crippen molar-refractivity contribution in [2.75, 3.05) is 19.5 Å². The van der Waals surface area contributed by atoms with Crippen LogP contribution in [0.1, 0.15) is 22.3 Å². The summed E-state index contributed by atoms with van der Waals surface area (Å²) in [5.74, 6) is 1.20. The van der Waals surface area contributed by atoms with Gasteiger partial charge in [0.25, 0.3) is 5.91 Å². The fraction of sp³-hybridized carbons (Fsp3) is 0.316. The minimum absolute atomic E-state index is 0. The second-order valence-electron chi connectivity index (χ2n) is 5.97. The molecule has 23 heavy (non-hydrogen) atoms. The monoisotopic (exact) mass is 349 g/mol. The zero-order valence-corrected chi connectivity index (χ0v) is 14.7. The number of fused-ring (bicyclic) bond motifs is 1. The minimum atomic E-state index is 0. The van der Waals surface area contributed by atoms with Crippen molar-refractivity contribution in [1.29, 1.82) is 0 Å². The van der Waals surface area contributed by atoms with Gasteiger partial charge < -0.3 is 4.90 Å². The molecule has 1 aliphatic heterocycles. The highest BCUT2D eigenvalue weighted by atomic mass is 35.5. The molecule has 2 nitrogen and oxygen atoms in total. The Morgan fingerprint density at radius 3 is 2.57 bits per heavy atom. The summed E-state index contributed by atoms with van der Waals surface area (Å²) in [5.41, 5.74) is 4.21. The predicted octanol–water partition coefficient (Wildman–Crippen LogP) is 4.65. The third kappa shape index (κ3) is 3.88. The highest BCUT2D eigenvalue weighted by Gasteiger charge is 2.25. The Morgan fingerprint density at radius 1 is 1.13 bits per heavy atom. The summed E-state index contributed by atoms with van der Waals surface area (Å²) < 4.78 is 0. The molecular weight excluding hydrogens is 329 g/mol. The quantitative estimate of drug-likeness (QED) is 0.738. The van der Waals surface area contributed by atoms with Gasteiger partial charge in [0.15, 0.2) is 0 Å². The second kappa shape index (κ2) is 7.85. The van der Waals surface area contributed by atoms with E-state index in [0.29, 0.717) is 11.8 Å². The molecule has 1 heterocycles. The maximum Gasteiger partial charge on any atom is 0.253 e. The van der Waals surface area contributed by atoms with Gasteiger partial charge in [-0.1, -0.05) is 42.5 Å². The number of benzene rings is 2. The highest BCUT2D eigenvalue weighted by Crippen LogP contribution is 2.28. The van der Waals surface area contributed by atoms with E-state index in [9.17, 15) is 4.79 Å². The molecule has 4 heteroatoms. The van der Waals surface area contributed by atoms with Crippen molar-refractivity contribution >= 4 is 29.9 Å². The summed E-state index contributed by atoms with van der Waals surface area (Å²) >= 11 is 5.90. The van der Waals surface area contributed by atoms with Gasteiger partial charge in [-0.05, 0) is 41.5 Å². The molecule has 3 rings (SSSR count). The van der Waals surface area contributed by atoms with Gasteiger partial charge in [-0.2, -0.15) is 0 Å². The number of carbonyl (C=O) groups excluding carboxylic acids is 1. The second-order valence-corrected chi connectivity index (χ2v) is 6.35. The Kier molecular flexibility index (Phi) is 6.09. The van der Waals surface area contributed by atoms with Crippen molar-refractivity contribution in [3.63, 3.8) is 0 Å². The Bertz CT molecular complexity index is 672. The van der Waals surface area contributed by atoms with Crippen molar-refractivity contribution < 1.29 is 4.79 Å². The number of rotatable bonds is 3. The number of halogens is 2. The summed E-state index contributed by atoms with van der Waals surface area (Å²) in [5, 5.41) is 0. The normalized spacial score (nSPS) is 17.2. The molecule has 2 aromatic rings. The van der Waals surface area contributed by atoms with Crippen LogP contribution in [-0.2, 0) is 6.42 Å². The molecule has 1 atom stereocenters. The number of nitrogens with zero attached hydrogens (tertiary/aromatic N) is 1. The van der Waals surface area contributed by atoms with Crippen LogP contribution < -0.4 is 0 Å². The molecule has 0 aromatic heterocycles. The standard InChI is InChI=1S/C19H20ClNO.ClH/c1-21-13-14(9-10-20)11-17-8-7-16(12-18(17)19(21)22)15-5-3-2-4-6-15;/h2-8,12,14H,9-11,13H2,1H3;1H. The van der Waals surface area contributed by atoms with E-state index in [0.717, 1.165) is 41.6 Å². The summed E-state index contributed by atoms with van der Waals surface area (Å²) in [6.07, 6.45) is 1.87. The molecule has 0 N–H and O–H groups in total. The average Bonchev–Trinajstić information content (AvgIpc) is 2.66. The Balaban J connectivity index is 0.00000192. The number of alkyl halides is 1. The van der Waals surface area contributed by atoms with Crippen LogP contribution in [0.3, 0.4) is 0 Å². The van der Waals surface area contributed by atoms with E-state index in [1.54, 1.807) is 0 Å². The first-order valence-electron chi connectivity index (χ1n) is 7.69. The molecule has 0 bridgehead atoms. The van der Waals surface area contributed by atoms with Crippen LogP contribution in [0.15, 0.2) is 48.5 Å². The summed E-state index contributed by atoms with van der Waals surface area (Å²) in [6.45, 7) is 0.779. The zero-order valence-electron chi connectivity index (χ0n) is 13.2. The lowest BCUT2D eigenvalue weighted by Gasteiger charge is -2.19. The molecule has 0 radical (unpaired) electrons. The summed E-state index contributed by atoms with van der Waals surface area (Å²) in [6, 6.07) is 16.4. The lowest BCUT2D eigenvalue weighted by molar-refractivity contribution is 0.0782. The van der Waals surface area contributed by atoms with E-state index < -0.39 is 0 Å². The number of hydrogen-bond acceptors (Lipinski definition) is 1. The molecule has 1 amide bonds. The third-order valence-corrected chi connectivity index (χ3v) is 4.57. The number of carbonyl (C=O) groups is 1. The van der Waals surface area contributed by atoms with Gasteiger partial charge in [-0.25, -0.2) is 0 Å². The van der Waals surface area contributed by atoms with Crippen LogP contribution in [0.25, 0.3) is 11.1 Å². The first-order chi connectivity index (χ1) is 10.7. The minimum Gasteiger partial charge on any atom is -0.341 e. The fourth-order valence-electron chi connectivity index (χ4n) is 3.16. The molecule has 0 spiro atoms. The first kappa shape index (κ1) is 17.8. The molecule has 122 valence electrons. The maximum absolute atomic E-state index is 12.7. The van der Waals surface area contributed by atoms with Gasteiger partial charge in [0.05, 0.1) is 0 Å². The Morgan fingerprint density at radius 2 is 1.87 bits per heavy atom. The van der Waals surface area contributed by atoms with Gasteiger partial charge in [-0.3, -0.25) is 4.79 Å². The smallest absolute Gasteiger partial charge is 0.253 e. The van der Waals surface area contributed by atoms with E-state index in [2.05, 4.69) is 24.3 Å². The van der Waals surface area contributed by atoms with Gasteiger partial charge >= 0.3 is 0 Å². The molecule has 0 fully saturated rings. The number of amides is 1. The van der Waals surface area contributed by atoms with E-state index in [1.165, 1.54) is 0 Å². The molecule has 1 unspecified atom stereocenters. The van der Waals surface area contributed by atoms with Gasteiger partial charge in [0.1, 0.15) is 0 Å². The molecule has 2 aromatic carbocycles. The van der Waals surface area contributed by atoms with E-state index >= 15 is 0 Å². The fourth-order valence-corrected chi connectivity index (χ4v) is 3.47. The van der Waals surface area contributed by atoms with Crippen LogP contribution in [0, 0.1) is 5.92 Å². The van der Waals surface area contributed by atoms with Crippen LogP contribution in [0.4, 0.5) is 0 Å². The average molecular weight is 350 g/mol. The van der Waals surface area contributed by atoms with Crippen LogP contribution in [0.2, 0.25) is 0 Å². The van der Waals surface area contributed by atoms with Crippen molar-refractivity contribution in [1.82, 2.24) is 4.90 Å². The van der Waals surface area contributed by atoms with Crippen LogP contribution in [0.5, 0.6) is 0 Å². The van der Waals surface area contributed by atoms with Gasteiger partial charge in [0.2, 0.25) is 0 Å². The van der Waals surface area contributed by atoms with Crippen LogP contribution >= 0.6 is 24.0 Å². The summed E-state index contributed by atoms with van der Waals surface area (Å²) in [7, 11) is 1.88. The molecule has 0 saturated carbocycles. The number of hydrogen-bond donors (Lipinski definition) is 0. The Labute approximate surface area is 148 Å². The van der Waals surface area contributed by atoms with E-state index in [-0.39, 0.29) is 18.3 Å². The Hall–Kier alpha value is -1.51. The molecule has 1 aliphatic rings. The van der Waals surface area contributed by atoms with Crippen molar-refractivity contribution in [3.05, 3.63) is 59.7 Å². The molecular formula is C19H21Cl2NO. The molecule has 0 aliphatic carbocycles. The van der Waals surface area contributed by atoms with Gasteiger partial charge in [-0.15, -0.1) is 24.0 Å². The third-order valence-electron chi connectivity index (χ3n) is 4.35. The lowest BCUT2D eigenvalue weighted by Crippen LogP contribution is -2.30. The van der Waals surface area contributed by atoms with Crippen molar-refractivity contribution in [3.8, 4) is 11.1 Å². The maximum atomic E-state index is 12.7. The van der Waals surface area contributed by atoms with E-state index in [1.807, 2.05) is 36.2 Å². The largest absolute Gasteiger partial charge is 0.341 e. The summed E-state index contributed by atoms with van der Waals surface area (Å²) in [4.78, 5) is 14.5. The molecule has 0 saturated heterocycles. The SMILES string of the molecule is CN1CC(CCCl)Cc2ccc(-c3ccccc3)cc2C1=O.Cl. The lowest BCUT2D eigenvalue weighted by atomic mass is 9.93. The van der Waals surface area contributed by atoms with Crippen LogP contribution in [-0.4, -0.2) is 30.3 Å². The van der Waals surface area contributed by atoms with Crippen molar-refractivity contribution in [2.24, 2.45) is 5.92 Å². The highest BCUT2D eigenvalue weighted by molar-refractivity contribution is 6.17. The topological polar surface area (TPSA) is 20.3 Å².